The van der Waals surface area contributed by atoms with Crippen molar-refractivity contribution in [3.8, 4) is 0 Å². The van der Waals surface area contributed by atoms with Gasteiger partial charge in [-0.3, -0.25) is 9.59 Å². The fraction of sp³-hybridized carbons (Fsp3) is 0.444. The van der Waals surface area contributed by atoms with Crippen LogP contribution in [-0.2, 0) is 16.6 Å². The van der Waals surface area contributed by atoms with Crippen LogP contribution in [0.5, 0.6) is 0 Å². The van der Waals surface area contributed by atoms with E-state index in [0.29, 0.717) is 35.3 Å². The van der Waals surface area contributed by atoms with Gasteiger partial charge in [0.2, 0.25) is 11.8 Å². The Balaban J connectivity index is 1.71. The molecule has 25 heavy (non-hydrogen) atoms. The molecule has 1 amide bonds. The molecule has 1 aromatic carbocycles. The summed E-state index contributed by atoms with van der Waals surface area (Å²) in [6, 6.07) is 6.63. The van der Waals surface area contributed by atoms with Gasteiger partial charge in [-0.2, -0.15) is 4.98 Å². The van der Waals surface area contributed by atoms with Crippen molar-refractivity contribution in [2.24, 2.45) is 0 Å². The molecule has 2 rings (SSSR count). The first-order chi connectivity index (χ1) is 11.8. The molecule has 1 heterocycles. The number of aromatic nitrogens is 2. The van der Waals surface area contributed by atoms with Gasteiger partial charge >= 0.3 is 0 Å². The van der Waals surface area contributed by atoms with Gasteiger partial charge in [-0.05, 0) is 24.3 Å². The van der Waals surface area contributed by atoms with Crippen LogP contribution in [0.15, 0.2) is 28.8 Å². The number of ketones is 1. The Bertz CT molecular complexity index is 733. The first kappa shape index (κ1) is 19.1. The molecule has 0 unspecified atom stereocenters. The maximum Gasteiger partial charge on any atom is 0.232 e. The van der Waals surface area contributed by atoms with Crippen molar-refractivity contribution >= 4 is 23.3 Å². The number of rotatable bonds is 7. The van der Waals surface area contributed by atoms with Crippen molar-refractivity contribution in [2.75, 3.05) is 6.54 Å². The molecule has 0 fully saturated rings. The molecule has 0 aliphatic carbocycles. The van der Waals surface area contributed by atoms with Crippen LogP contribution in [-0.4, -0.2) is 28.4 Å². The summed E-state index contributed by atoms with van der Waals surface area (Å²) in [5.74, 6) is 0.867. The molecule has 0 saturated heterocycles. The third-order valence-electron chi connectivity index (χ3n) is 3.53. The van der Waals surface area contributed by atoms with Gasteiger partial charge < -0.3 is 9.84 Å². The number of nitrogens with zero attached hydrogens (tertiary/aromatic N) is 2. The summed E-state index contributed by atoms with van der Waals surface area (Å²) in [6.07, 6.45) is 0.779. The zero-order valence-corrected chi connectivity index (χ0v) is 15.4. The minimum atomic E-state index is -0.198. The molecule has 2 aromatic rings. The molecule has 0 bridgehead atoms. The molecule has 0 aliphatic rings. The number of Topliss-reactive ketones (excluding diaryl/α,β-unsaturated/α-hetero) is 1. The second-order valence-corrected chi connectivity index (χ2v) is 7.23. The first-order valence-electron chi connectivity index (χ1n) is 8.14. The van der Waals surface area contributed by atoms with Gasteiger partial charge in [0.15, 0.2) is 11.6 Å². The highest BCUT2D eigenvalue weighted by Gasteiger charge is 2.21. The Morgan fingerprint density at radius 1 is 1.16 bits per heavy atom. The van der Waals surface area contributed by atoms with Gasteiger partial charge in [-0.25, -0.2) is 0 Å². The van der Waals surface area contributed by atoms with E-state index < -0.39 is 0 Å². The molecular weight excluding hydrogens is 342 g/mol. The predicted octanol–water partition coefficient (Wildman–Crippen LogP) is 3.34. The lowest BCUT2D eigenvalue weighted by Crippen LogP contribution is -2.26. The highest BCUT2D eigenvalue weighted by atomic mass is 35.5. The number of halogens is 1. The van der Waals surface area contributed by atoms with E-state index in [1.165, 1.54) is 0 Å². The SMILES string of the molecule is CC(C)(C)c1nc(CCNC(=O)CCC(=O)c2ccc(Cl)cc2)no1. The Morgan fingerprint density at radius 3 is 2.44 bits per heavy atom. The Kier molecular flexibility index (Phi) is 6.31. The predicted molar refractivity (Wildman–Crippen MR) is 94.7 cm³/mol. The molecule has 1 aromatic heterocycles. The van der Waals surface area contributed by atoms with Crippen LogP contribution >= 0.6 is 11.6 Å². The van der Waals surface area contributed by atoms with Crippen LogP contribution < -0.4 is 5.32 Å². The normalized spacial score (nSPS) is 11.4. The largest absolute Gasteiger partial charge is 0.356 e. The molecule has 1 N–H and O–H groups in total. The van der Waals surface area contributed by atoms with Gasteiger partial charge in [0.1, 0.15) is 0 Å². The van der Waals surface area contributed by atoms with Crippen molar-refractivity contribution in [3.63, 3.8) is 0 Å². The minimum Gasteiger partial charge on any atom is -0.356 e. The van der Waals surface area contributed by atoms with Crippen LogP contribution in [0.4, 0.5) is 0 Å². The molecule has 134 valence electrons. The molecule has 0 saturated carbocycles. The van der Waals surface area contributed by atoms with Gasteiger partial charge in [0, 0.05) is 41.8 Å². The summed E-state index contributed by atoms with van der Waals surface area (Å²) in [7, 11) is 0. The lowest BCUT2D eigenvalue weighted by molar-refractivity contribution is -0.121. The first-order valence-corrected chi connectivity index (χ1v) is 8.52. The number of hydrogen-bond donors (Lipinski definition) is 1. The summed E-state index contributed by atoms with van der Waals surface area (Å²) in [5.41, 5.74) is 0.356. The van der Waals surface area contributed by atoms with E-state index in [0.717, 1.165) is 0 Å². The molecular formula is C18H22ClN3O3. The third-order valence-corrected chi connectivity index (χ3v) is 3.78. The molecule has 6 nitrogen and oxygen atoms in total. The number of carbonyl (C=O) groups excluding carboxylic acids is 2. The summed E-state index contributed by atoms with van der Waals surface area (Å²) in [4.78, 5) is 28.1. The van der Waals surface area contributed by atoms with Crippen LogP contribution in [0, 0.1) is 0 Å². The number of hydrogen-bond acceptors (Lipinski definition) is 5. The topological polar surface area (TPSA) is 85.1 Å². The monoisotopic (exact) mass is 363 g/mol. The van der Waals surface area contributed by atoms with Crippen molar-refractivity contribution in [1.82, 2.24) is 15.5 Å². The Hall–Kier alpha value is -2.21. The zero-order chi connectivity index (χ0) is 18.4. The lowest BCUT2D eigenvalue weighted by Gasteiger charge is -2.10. The van der Waals surface area contributed by atoms with E-state index in [9.17, 15) is 9.59 Å². The second kappa shape index (κ2) is 8.25. The number of benzene rings is 1. The minimum absolute atomic E-state index is 0.0835. The average molecular weight is 364 g/mol. The summed E-state index contributed by atoms with van der Waals surface area (Å²) >= 11 is 5.79. The maximum absolute atomic E-state index is 12.0. The van der Waals surface area contributed by atoms with Gasteiger partial charge in [-0.1, -0.05) is 37.5 Å². The number of amides is 1. The van der Waals surface area contributed by atoms with E-state index in [1.54, 1.807) is 24.3 Å². The van der Waals surface area contributed by atoms with Crippen LogP contribution in [0.25, 0.3) is 0 Å². The highest BCUT2D eigenvalue weighted by molar-refractivity contribution is 6.30. The molecule has 0 aliphatic heterocycles. The summed E-state index contributed by atoms with van der Waals surface area (Å²) in [5, 5.41) is 7.23. The Morgan fingerprint density at radius 2 is 1.84 bits per heavy atom. The van der Waals surface area contributed by atoms with E-state index >= 15 is 0 Å². The van der Waals surface area contributed by atoms with Crippen molar-refractivity contribution in [1.29, 1.82) is 0 Å². The molecule has 0 radical (unpaired) electrons. The van der Waals surface area contributed by atoms with E-state index in [2.05, 4.69) is 15.5 Å². The van der Waals surface area contributed by atoms with E-state index in [4.69, 9.17) is 16.1 Å². The van der Waals surface area contributed by atoms with Crippen LogP contribution in [0.1, 0.15) is 55.7 Å². The van der Waals surface area contributed by atoms with Crippen LogP contribution in [0.2, 0.25) is 5.02 Å². The summed E-state index contributed by atoms with van der Waals surface area (Å²) < 4.78 is 5.20. The van der Waals surface area contributed by atoms with Crippen molar-refractivity contribution in [2.45, 2.75) is 45.4 Å². The lowest BCUT2D eigenvalue weighted by atomic mass is 9.97. The van der Waals surface area contributed by atoms with Crippen LogP contribution in [0.3, 0.4) is 0 Å². The van der Waals surface area contributed by atoms with E-state index in [-0.39, 0.29) is 29.9 Å². The van der Waals surface area contributed by atoms with Crippen molar-refractivity contribution < 1.29 is 14.1 Å². The number of nitrogens with one attached hydrogen (secondary N) is 1. The summed E-state index contributed by atoms with van der Waals surface area (Å²) in [6.45, 7) is 6.37. The highest BCUT2D eigenvalue weighted by Crippen LogP contribution is 2.19. The second-order valence-electron chi connectivity index (χ2n) is 6.80. The maximum atomic E-state index is 12.0. The quantitative estimate of drug-likeness (QED) is 0.762. The van der Waals surface area contributed by atoms with E-state index in [1.807, 2.05) is 20.8 Å². The third kappa shape index (κ3) is 5.98. The fourth-order valence-electron chi connectivity index (χ4n) is 2.07. The Labute approximate surface area is 151 Å². The average Bonchev–Trinajstić information content (AvgIpc) is 3.02. The molecule has 0 spiro atoms. The van der Waals surface area contributed by atoms with Gasteiger partial charge in [-0.15, -0.1) is 0 Å². The smallest absolute Gasteiger partial charge is 0.232 e. The van der Waals surface area contributed by atoms with Gasteiger partial charge in [0.05, 0.1) is 0 Å². The standard InChI is InChI=1S/C18H22ClN3O3/c1-18(2,3)17-21-15(22-25-17)10-11-20-16(24)9-8-14(23)12-4-6-13(19)7-5-12/h4-7H,8-11H2,1-3H3,(H,20,24). The van der Waals surface area contributed by atoms with Gasteiger partial charge in [0.25, 0.3) is 0 Å². The van der Waals surface area contributed by atoms with Crippen molar-refractivity contribution in [3.05, 3.63) is 46.6 Å². The molecule has 0 atom stereocenters. The fourth-order valence-corrected chi connectivity index (χ4v) is 2.20. The molecule has 7 heteroatoms. The number of carbonyl (C=O) groups is 2. The zero-order valence-electron chi connectivity index (χ0n) is 14.6.